The van der Waals surface area contributed by atoms with E-state index in [0.29, 0.717) is 0 Å². The third-order valence-corrected chi connectivity index (χ3v) is 4.63. The highest BCUT2D eigenvalue weighted by Crippen LogP contribution is 2.51. The van der Waals surface area contributed by atoms with E-state index < -0.39 is 5.97 Å². The van der Waals surface area contributed by atoms with Crippen molar-refractivity contribution in [2.75, 3.05) is 0 Å². The first-order chi connectivity index (χ1) is 9.97. The van der Waals surface area contributed by atoms with Gasteiger partial charge in [0.05, 0.1) is 29.9 Å². The van der Waals surface area contributed by atoms with Gasteiger partial charge in [0.15, 0.2) is 0 Å². The van der Waals surface area contributed by atoms with Gasteiger partial charge in [0.1, 0.15) is 0 Å². The predicted octanol–water partition coefficient (Wildman–Crippen LogP) is 0.755. The Hall–Kier alpha value is -1.62. The molecule has 1 aliphatic carbocycles. The minimum atomic E-state index is -1.26. The summed E-state index contributed by atoms with van der Waals surface area (Å²) < 4.78 is 5.91. The molecule has 0 spiro atoms. The molecular formula is C16H20NO4-. The average molecular weight is 290 g/mol. The van der Waals surface area contributed by atoms with Gasteiger partial charge >= 0.3 is 0 Å². The van der Waals surface area contributed by atoms with Gasteiger partial charge in [-0.05, 0) is 45.6 Å². The zero-order valence-corrected chi connectivity index (χ0v) is 12.6. The molecule has 3 atom stereocenters. The Kier molecular flexibility index (Phi) is 3.40. The van der Waals surface area contributed by atoms with Crippen LogP contribution in [0.5, 0.6) is 0 Å². The molecule has 0 bridgehead atoms. The monoisotopic (exact) mass is 290 g/mol. The van der Waals surface area contributed by atoms with Crippen LogP contribution in [0, 0.1) is 5.92 Å². The number of carboxylic acids is 1. The van der Waals surface area contributed by atoms with Gasteiger partial charge in [-0.2, -0.15) is 0 Å². The van der Waals surface area contributed by atoms with Gasteiger partial charge in [-0.15, -0.1) is 0 Å². The quantitative estimate of drug-likeness (QED) is 0.568. The molecule has 1 saturated heterocycles. The molecule has 0 radical (unpaired) electrons. The molecule has 5 heteroatoms. The summed E-state index contributed by atoms with van der Waals surface area (Å²) >= 11 is 0. The Bertz CT molecular complexity index is 561. The van der Waals surface area contributed by atoms with Crippen molar-refractivity contribution in [3.8, 4) is 0 Å². The van der Waals surface area contributed by atoms with Crippen LogP contribution in [0.4, 0.5) is 0 Å². The Labute approximate surface area is 124 Å². The van der Waals surface area contributed by atoms with Crippen LogP contribution >= 0.6 is 0 Å². The van der Waals surface area contributed by atoms with Crippen LogP contribution < -0.4 is 5.11 Å². The van der Waals surface area contributed by atoms with Crippen molar-refractivity contribution < 1.29 is 19.4 Å². The number of carbonyl (C=O) groups is 2. The van der Waals surface area contributed by atoms with Gasteiger partial charge < -0.3 is 14.6 Å². The summed E-state index contributed by atoms with van der Waals surface area (Å²) in [5.74, 6) is -1.40. The number of carbonyl (C=O) groups excluding carboxylic acids is 2. The van der Waals surface area contributed by atoms with Crippen LogP contribution in [0.1, 0.15) is 40.0 Å². The van der Waals surface area contributed by atoms with E-state index in [4.69, 9.17) is 4.74 Å². The normalized spacial score (nSPS) is 33.3. The van der Waals surface area contributed by atoms with Gasteiger partial charge in [-0.25, -0.2) is 0 Å². The summed E-state index contributed by atoms with van der Waals surface area (Å²) in [7, 11) is 0. The number of rotatable bonds is 3. The molecule has 114 valence electrons. The molecule has 5 nitrogen and oxygen atoms in total. The van der Waals surface area contributed by atoms with Crippen molar-refractivity contribution in [2.45, 2.75) is 58.3 Å². The first kappa shape index (κ1) is 14.3. The molecule has 2 aliphatic heterocycles. The Balaban J connectivity index is 2.04. The fourth-order valence-electron chi connectivity index (χ4n) is 3.95. The topological polar surface area (TPSA) is 69.7 Å². The number of β-lactam (4-membered cyclic amide) rings is 1. The highest BCUT2D eigenvalue weighted by Gasteiger charge is 2.56. The van der Waals surface area contributed by atoms with Gasteiger partial charge in [-0.3, -0.25) is 9.69 Å². The smallest absolute Gasteiger partial charge is 0.256 e. The minimum absolute atomic E-state index is 0.0226. The summed E-state index contributed by atoms with van der Waals surface area (Å²) in [4.78, 5) is 25.1. The van der Waals surface area contributed by atoms with Gasteiger partial charge in [-0.1, -0.05) is 6.08 Å². The average Bonchev–Trinajstić information content (AvgIpc) is 2.71. The van der Waals surface area contributed by atoms with E-state index in [1.165, 1.54) is 4.90 Å². The van der Waals surface area contributed by atoms with Gasteiger partial charge in [0.25, 0.3) is 5.91 Å². The number of amides is 1. The second kappa shape index (κ2) is 4.98. The molecule has 3 aliphatic rings. The molecule has 0 unspecified atom stereocenters. The molecular weight excluding hydrogens is 270 g/mol. The van der Waals surface area contributed by atoms with Crippen LogP contribution in [0.15, 0.2) is 22.9 Å². The van der Waals surface area contributed by atoms with Crippen molar-refractivity contribution in [1.82, 2.24) is 4.90 Å². The van der Waals surface area contributed by atoms with E-state index in [0.717, 1.165) is 30.4 Å². The summed E-state index contributed by atoms with van der Waals surface area (Å²) in [6.45, 7) is 5.71. The maximum Gasteiger partial charge on any atom is 0.256 e. The van der Waals surface area contributed by atoms with Crippen LogP contribution in [0.3, 0.4) is 0 Å². The number of aliphatic carboxylic acids is 1. The number of carboxylic acid groups (broad SMARTS) is 1. The standard InChI is InChI=1S/C16H21NO4/c1-4-9-13-10-6-5-7-11(21-8(2)3)12(10)14(16(19)20)17(13)15(9)18/h4,8,10-11,13H,5-7H2,1-3H3,(H,19,20)/p-1/b9-4+/t10-,11-,13-/m0/s1. The molecule has 0 aromatic rings. The molecule has 0 aromatic heterocycles. The number of fused-ring (bicyclic) bond motifs is 3. The third kappa shape index (κ3) is 1.94. The first-order valence-corrected chi connectivity index (χ1v) is 7.58. The molecule has 3 rings (SSSR count). The second-order valence-corrected chi connectivity index (χ2v) is 6.17. The summed E-state index contributed by atoms with van der Waals surface area (Å²) in [5, 5.41) is 11.6. The highest BCUT2D eigenvalue weighted by atomic mass is 16.5. The zero-order chi connectivity index (χ0) is 15.3. The Morgan fingerprint density at radius 3 is 2.71 bits per heavy atom. The molecule has 1 amide bonds. The molecule has 2 heterocycles. The van der Waals surface area contributed by atoms with Crippen molar-refractivity contribution >= 4 is 11.9 Å². The minimum Gasteiger partial charge on any atom is -0.543 e. The predicted molar refractivity (Wildman–Crippen MR) is 73.8 cm³/mol. The molecule has 2 fully saturated rings. The van der Waals surface area contributed by atoms with E-state index in [9.17, 15) is 14.7 Å². The first-order valence-electron chi connectivity index (χ1n) is 7.58. The van der Waals surface area contributed by atoms with Crippen molar-refractivity contribution in [1.29, 1.82) is 0 Å². The summed E-state index contributed by atoms with van der Waals surface area (Å²) in [6.07, 6.45) is 4.30. The van der Waals surface area contributed by atoms with E-state index in [2.05, 4.69) is 0 Å². The number of hydrogen-bond donors (Lipinski definition) is 0. The lowest BCUT2D eigenvalue weighted by atomic mass is 9.75. The number of nitrogens with zero attached hydrogens (tertiary/aromatic N) is 1. The number of hydrogen-bond acceptors (Lipinski definition) is 4. The van der Waals surface area contributed by atoms with E-state index in [1.807, 2.05) is 20.8 Å². The largest absolute Gasteiger partial charge is 0.543 e. The van der Waals surface area contributed by atoms with E-state index >= 15 is 0 Å². The Morgan fingerprint density at radius 2 is 2.14 bits per heavy atom. The Morgan fingerprint density at radius 1 is 1.43 bits per heavy atom. The van der Waals surface area contributed by atoms with Gasteiger partial charge in [0, 0.05) is 11.5 Å². The van der Waals surface area contributed by atoms with Gasteiger partial charge in [0.2, 0.25) is 0 Å². The lowest BCUT2D eigenvalue weighted by molar-refractivity contribution is -0.301. The van der Waals surface area contributed by atoms with Crippen molar-refractivity contribution in [2.24, 2.45) is 5.92 Å². The molecule has 0 aromatic carbocycles. The molecule has 21 heavy (non-hydrogen) atoms. The maximum absolute atomic E-state index is 12.2. The zero-order valence-electron chi connectivity index (χ0n) is 12.6. The van der Waals surface area contributed by atoms with Crippen LogP contribution in [0.25, 0.3) is 0 Å². The SMILES string of the molecule is C/C=C1/C(=O)N2C(C(=O)[O-])=C3[C@@H](OC(C)C)CCC[C@@H]3[C@H]12. The molecule has 0 N–H and O–H groups in total. The highest BCUT2D eigenvalue weighted by molar-refractivity contribution is 6.08. The summed E-state index contributed by atoms with van der Waals surface area (Å²) in [6, 6.07) is -0.121. The molecule has 1 saturated carbocycles. The number of ether oxygens (including phenoxy) is 1. The second-order valence-electron chi connectivity index (χ2n) is 6.17. The maximum atomic E-state index is 12.2. The fourth-order valence-corrected chi connectivity index (χ4v) is 3.95. The summed E-state index contributed by atoms with van der Waals surface area (Å²) in [5.41, 5.74) is 1.55. The van der Waals surface area contributed by atoms with Crippen LogP contribution in [-0.4, -0.2) is 35.0 Å². The van der Waals surface area contributed by atoms with E-state index in [1.54, 1.807) is 6.08 Å². The van der Waals surface area contributed by atoms with Crippen molar-refractivity contribution in [3.63, 3.8) is 0 Å². The lowest BCUT2D eigenvalue weighted by Gasteiger charge is -2.42. The van der Waals surface area contributed by atoms with Crippen LogP contribution in [0.2, 0.25) is 0 Å². The lowest BCUT2D eigenvalue weighted by Crippen LogP contribution is -2.56. The third-order valence-electron chi connectivity index (χ3n) is 4.63. The number of allylic oxidation sites excluding steroid dienone is 1. The van der Waals surface area contributed by atoms with Crippen molar-refractivity contribution in [3.05, 3.63) is 22.9 Å². The fraction of sp³-hybridized carbons (Fsp3) is 0.625. The van der Waals surface area contributed by atoms with E-state index in [-0.39, 0.29) is 35.8 Å². The van der Waals surface area contributed by atoms with Crippen LogP contribution in [-0.2, 0) is 14.3 Å².